The van der Waals surface area contributed by atoms with Gasteiger partial charge >= 0.3 is 5.97 Å². The Kier molecular flexibility index (Phi) is 3.52. The average Bonchev–Trinajstić information content (AvgIpc) is 1.97. The van der Waals surface area contributed by atoms with Crippen molar-refractivity contribution in [3.05, 3.63) is 12.2 Å². The maximum absolute atomic E-state index is 10.7. The second kappa shape index (κ2) is 4.45. The second-order valence-electron chi connectivity index (χ2n) is 4.28. The van der Waals surface area contributed by atoms with Crippen LogP contribution >= 0.6 is 0 Å². The van der Waals surface area contributed by atoms with Crippen LogP contribution < -0.4 is 0 Å². The molecular weight excluding hydrogens is 164 g/mol. The first-order valence-electron chi connectivity index (χ1n) is 4.99. The summed E-state index contributed by atoms with van der Waals surface area (Å²) in [6.07, 6.45) is 10.0. The number of carbonyl (C=O) groups is 1. The van der Waals surface area contributed by atoms with E-state index in [0.717, 1.165) is 32.1 Å². The smallest absolute Gasteiger partial charge is 0.303 e. The first kappa shape index (κ1) is 10.3. The molecule has 0 aromatic carbocycles. The van der Waals surface area contributed by atoms with Crippen molar-refractivity contribution in [1.82, 2.24) is 0 Å². The lowest BCUT2D eigenvalue weighted by Crippen LogP contribution is -2.21. The number of aliphatic carboxylic acids is 1. The van der Waals surface area contributed by atoms with Gasteiger partial charge in [0.05, 0.1) is 6.42 Å². The molecule has 1 aliphatic carbocycles. The van der Waals surface area contributed by atoms with Gasteiger partial charge in [-0.2, -0.15) is 0 Å². The van der Waals surface area contributed by atoms with E-state index in [1.165, 1.54) is 0 Å². The molecule has 74 valence electrons. The molecule has 0 saturated carbocycles. The maximum Gasteiger partial charge on any atom is 0.303 e. The number of carboxylic acids is 1. The molecule has 1 unspecified atom stereocenters. The molecule has 1 aliphatic rings. The van der Waals surface area contributed by atoms with Gasteiger partial charge in [0.2, 0.25) is 0 Å². The van der Waals surface area contributed by atoms with Crippen LogP contribution in [0.4, 0.5) is 0 Å². The van der Waals surface area contributed by atoms with Gasteiger partial charge in [-0.1, -0.05) is 19.1 Å². The third kappa shape index (κ3) is 3.62. The zero-order chi connectivity index (χ0) is 9.73. The molecule has 0 heterocycles. The molecular formula is C11H18O2. The van der Waals surface area contributed by atoms with Crippen LogP contribution in [-0.2, 0) is 4.79 Å². The van der Waals surface area contributed by atoms with Crippen LogP contribution in [0.15, 0.2) is 12.2 Å². The quantitative estimate of drug-likeness (QED) is 0.666. The van der Waals surface area contributed by atoms with E-state index in [9.17, 15) is 4.79 Å². The highest BCUT2D eigenvalue weighted by Gasteiger charge is 2.26. The molecule has 0 fully saturated rings. The number of hydrogen-bond donors (Lipinski definition) is 1. The van der Waals surface area contributed by atoms with Crippen LogP contribution in [0.25, 0.3) is 0 Å². The van der Waals surface area contributed by atoms with E-state index in [4.69, 9.17) is 5.11 Å². The molecule has 0 bridgehead atoms. The van der Waals surface area contributed by atoms with Gasteiger partial charge < -0.3 is 5.11 Å². The fourth-order valence-electron chi connectivity index (χ4n) is 1.98. The van der Waals surface area contributed by atoms with E-state index in [1.54, 1.807) is 0 Å². The molecule has 0 spiro atoms. The highest BCUT2D eigenvalue weighted by Crippen LogP contribution is 2.35. The van der Waals surface area contributed by atoms with Crippen molar-refractivity contribution in [2.75, 3.05) is 0 Å². The molecule has 0 aromatic heterocycles. The SMILES string of the molecule is CC1(CC(=O)O)CCC=CCCC1. The van der Waals surface area contributed by atoms with Crippen LogP contribution in [-0.4, -0.2) is 11.1 Å². The van der Waals surface area contributed by atoms with E-state index in [1.807, 2.05) is 0 Å². The van der Waals surface area contributed by atoms with E-state index in [-0.39, 0.29) is 5.41 Å². The minimum absolute atomic E-state index is 0.0244. The summed E-state index contributed by atoms with van der Waals surface area (Å²) < 4.78 is 0. The Bertz CT molecular complexity index is 208. The third-order valence-corrected chi connectivity index (χ3v) is 2.81. The molecule has 2 nitrogen and oxygen atoms in total. The van der Waals surface area contributed by atoms with Gasteiger partial charge in [0, 0.05) is 0 Å². The lowest BCUT2D eigenvalue weighted by atomic mass is 9.77. The van der Waals surface area contributed by atoms with Crippen LogP contribution in [0.1, 0.15) is 45.4 Å². The van der Waals surface area contributed by atoms with Gasteiger partial charge in [0.25, 0.3) is 0 Å². The summed E-state index contributed by atoms with van der Waals surface area (Å²) >= 11 is 0. The van der Waals surface area contributed by atoms with Gasteiger partial charge in [-0.15, -0.1) is 0 Å². The summed E-state index contributed by atoms with van der Waals surface area (Å²) in [6.45, 7) is 2.10. The minimum Gasteiger partial charge on any atom is -0.481 e. The standard InChI is InChI=1S/C11H18O2/c1-11(9-10(12)13)7-5-3-2-4-6-8-11/h2-3H,4-9H2,1H3,(H,12,13). The van der Waals surface area contributed by atoms with Crippen LogP contribution in [0, 0.1) is 5.41 Å². The summed E-state index contributed by atoms with van der Waals surface area (Å²) in [5.41, 5.74) is 0.0244. The monoisotopic (exact) mass is 182 g/mol. The second-order valence-corrected chi connectivity index (χ2v) is 4.28. The third-order valence-electron chi connectivity index (χ3n) is 2.81. The Hall–Kier alpha value is -0.790. The summed E-state index contributed by atoms with van der Waals surface area (Å²) in [5.74, 6) is -0.660. The van der Waals surface area contributed by atoms with Crippen molar-refractivity contribution in [2.45, 2.75) is 45.4 Å². The summed E-state index contributed by atoms with van der Waals surface area (Å²) in [4.78, 5) is 10.7. The summed E-state index contributed by atoms with van der Waals surface area (Å²) in [7, 11) is 0. The van der Waals surface area contributed by atoms with E-state index < -0.39 is 5.97 Å². The van der Waals surface area contributed by atoms with Crippen molar-refractivity contribution in [2.24, 2.45) is 5.41 Å². The molecule has 0 amide bonds. The topological polar surface area (TPSA) is 37.3 Å². The predicted octanol–water partition coefficient (Wildman–Crippen LogP) is 2.99. The van der Waals surface area contributed by atoms with Gasteiger partial charge in [-0.05, 0) is 37.5 Å². The Morgan fingerprint density at radius 1 is 1.38 bits per heavy atom. The highest BCUT2D eigenvalue weighted by atomic mass is 16.4. The number of rotatable bonds is 2. The van der Waals surface area contributed by atoms with Crippen molar-refractivity contribution in [1.29, 1.82) is 0 Å². The zero-order valence-corrected chi connectivity index (χ0v) is 8.25. The number of allylic oxidation sites excluding steroid dienone is 2. The average molecular weight is 182 g/mol. The molecule has 2 heteroatoms. The fraction of sp³-hybridized carbons (Fsp3) is 0.727. The summed E-state index contributed by atoms with van der Waals surface area (Å²) in [6, 6.07) is 0. The van der Waals surface area contributed by atoms with Crippen LogP contribution in [0.5, 0.6) is 0 Å². The van der Waals surface area contributed by atoms with Gasteiger partial charge in [0.1, 0.15) is 0 Å². The Morgan fingerprint density at radius 3 is 2.77 bits per heavy atom. The first-order chi connectivity index (χ1) is 6.12. The maximum atomic E-state index is 10.7. The molecule has 1 atom stereocenters. The van der Waals surface area contributed by atoms with Crippen molar-refractivity contribution >= 4 is 5.97 Å². The van der Waals surface area contributed by atoms with Crippen molar-refractivity contribution in [3.63, 3.8) is 0 Å². The fourth-order valence-corrected chi connectivity index (χ4v) is 1.98. The number of carboxylic acid groups (broad SMARTS) is 1. The van der Waals surface area contributed by atoms with Gasteiger partial charge in [-0.3, -0.25) is 4.79 Å². The normalized spacial score (nSPS) is 29.3. The van der Waals surface area contributed by atoms with Gasteiger partial charge in [-0.25, -0.2) is 0 Å². The highest BCUT2D eigenvalue weighted by molar-refractivity contribution is 5.67. The minimum atomic E-state index is -0.660. The lowest BCUT2D eigenvalue weighted by molar-refractivity contribution is -0.139. The van der Waals surface area contributed by atoms with Crippen molar-refractivity contribution < 1.29 is 9.90 Å². The Morgan fingerprint density at radius 2 is 2.08 bits per heavy atom. The first-order valence-corrected chi connectivity index (χ1v) is 4.99. The molecule has 0 aliphatic heterocycles. The largest absolute Gasteiger partial charge is 0.481 e. The molecule has 0 radical (unpaired) electrons. The Labute approximate surface area is 79.6 Å². The van der Waals surface area contributed by atoms with Crippen LogP contribution in [0.2, 0.25) is 0 Å². The molecule has 1 N–H and O–H groups in total. The molecule has 13 heavy (non-hydrogen) atoms. The van der Waals surface area contributed by atoms with Gasteiger partial charge in [0.15, 0.2) is 0 Å². The van der Waals surface area contributed by atoms with E-state index in [0.29, 0.717) is 6.42 Å². The molecule has 0 aromatic rings. The zero-order valence-electron chi connectivity index (χ0n) is 8.25. The van der Waals surface area contributed by atoms with E-state index in [2.05, 4.69) is 19.1 Å². The van der Waals surface area contributed by atoms with E-state index >= 15 is 0 Å². The lowest BCUT2D eigenvalue weighted by Gasteiger charge is -2.28. The van der Waals surface area contributed by atoms with Crippen LogP contribution in [0.3, 0.4) is 0 Å². The Balaban J connectivity index is 2.53. The number of hydrogen-bond acceptors (Lipinski definition) is 1. The molecule has 1 rings (SSSR count). The predicted molar refractivity (Wildman–Crippen MR) is 52.6 cm³/mol. The van der Waals surface area contributed by atoms with Crippen molar-refractivity contribution in [3.8, 4) is 0 Å². The summed E-state index contributed by atoms with van der Waals surface area (Å²) in [5, 5.41) is 8.78. The molecule has 0 saturated heterocycles.